The zero-order valence-corrected chi connectivity index (χ0v) is 16.2. The Morgan fingerprint density at radius 1 is 1.11 bits per heavy atom. The summed E-state index contributed by atoms with van der Waals surface area (Å²) >= 11 is 1.64. The number of imidazole rings is 1. The number of aromatic nitrogens is 5. The van der Waals surface area contributed by atoms with Crippen LogP contribution in [-0.2, 0) is 18.9 Å². The molecule has 0 saturated carbocycles. The van der Waals surface area contributed by atoms with Gasteiger partial charge in [-0.15, -0.1) is 10.2 Å². The molecule has 3 heterocycles. The van der Waals surface area contributed by atoms with E-state index in [2.05, 4.69) is 45.9 Å². The van der Waals surface area contributed by atoms with Gasteiger partial charge in [-0.3, -0.25) is 0 Å². The third kappa shape index (κ3) is 3.98. The maximum absolute atomic E-state index is 5.88. The Morgan fingerprint density at radius 3 is 2.85 bits per heavy atom. The topological polar surface area (TPSA) is 57.2 Å². The smallest absolute Gasteiger partial charge is 0.191 e. The molecule has 3 aromatic heterocycles. The monoisotopic (exact) mass is 379 g/mol. The fraction of sp³-hybridized carbons (Fsp3) is 0.250. The van der Waals surface area contributed by atoms with Crippen LogP contribution in [0.1, 0.15) is 24.0 Å². The van der Waals surface area contributed by atoms with Gasteiger partial charge in [0.05, 0.1) is 5.69 Å². The van der Waals surface area contributed by atoms with Crippen LogP contribution in [0.25, 0.3) is 5.65 Å². The maximum Gasteiger partial charge on any atom is 0.191 e. The Bertz CT molecular complexity index is 1020. The Hall–Kier alpha value is -2.80. The first-order valence-electron chi connectivity index (χ1n) is 8.90. The van der Waals surface area contributed by atoms with E-state index >= 15 is 0 Å². The Morgan fingerprint density at radius 2 is 2.04 bits per heavy atom. The molecule has 4 rings (SSSR count). The van der Waals surface area contributed by atoms with E-state index < -0.39 is 0 Å². The van der Waals surface area contributed by atoms with Crippen LogP contribution in [0.2, 0.25) is 0 Å². The fourth-order valence-corrected chi connectivity index (χ4v) is 3.80. The SMILES string of the molecule is CCn1c(COc2cccc(C)c2)nnc1SCc1cn2ccccc2n1. The van der Waals surface area contributed by atoms with E-state index in [4.69, 9.17) is 4.74 Å². The highest BCUT2D eigenvalue weighted by Crippen LogP contribution is 2.23. The van der Waals surface area contributed by atoms with Crippen LogP contribution in [0.3, 0.4) is 0 Å². The molecule has 4 aromatic rings. The first-order chi connectivity index (χ1) is 13.2. The lowest BCUT2D eigenvalue weighted by Crippen LogP contribution is -2.07. The Labute approximate surface area is 162 Å². The summed E-state index contributed by atoms with van der Waals surface area (Å²) in [5.41, 5.74) is 3.15. The second kappa shape index (κ2) is 7.84. The van der Waals surface area contributed by atoms with Crippen molar-refractivity contribution in [3.8, 4) is 5.75 Å². The van der Waals surface area contributed by atoms with Gasteiger partial charge < -0.3 is 13.7 Å². The maximum atomic E-state index is 5.88. The number of ether oxygens (including phenoxy) is 1. The number of aryl methyl sites for hydroxylation is 1. The lowest BCUT2D eigenvalue weighted by Gasteiger charge is -2.09. The average molecular weight is 379 g/mol. The molecule has 0 aliphatic heterocycles. The Balaban J connectivity index is 1.44. The highest BCUT2D eigenvalue weighted by molar-refractivity contribution is 7.98. The molecular weight excluding hydrogens is 358 g/mol. The first kappa shape index (κ1) is 17.6. The van der Waals surface area contributed by atoms with Gasteiger partial charge in [0.25, 0.3) is 0 Å². The zero-order valence-electron chi connectivity index (χ0n) is 15.4. The average Bonchev–Trinajstić information content (AvgIpc) is 3.27. The van der Waals surface area contributed by atoms with E-state index in [1.807, 2.05) is 47.0 Å². The largest absolute Gasteiger partial charge is 0.486 e. The van der Waals surface area contributed by atoms with E-state index in [1.165, 1.54) is 5.56 Å². The van der Waals surface area contributed by atoms with Gasteiger partial charge in [-0.2, -0.15) is 0 Å². The molecule has 0 aliphatic rings. The molecule has 0 spiro atoms. The summed E-state index contributed by atoms with van der Waals surface area (Å²) in [4.78, 5) is 4.63. The number of thioether (sulfide) groups is 1. The Kier molecular flexibility index (Phi) is 5.11. The van der Waals surface area contributed by atoms with E-state index in [0.29, 0.717) is 6.61 Å². The number of benzene rings is 1. The predicted octanol–water partition coefficient (Wildman–Crippen LogP) is 4.13. The number of hydrogen-bond donors (Lipinski definition) is 0. The molecule has 6 nitrogen and oxygen atoms in total. The number of nitrogens with zero attached hydrogens (tertiary/aromatic N) is 5. The summed E-state index contributed by atoms with van der Waals surface area (Å²) in [6.07, 6.45) is 4.06. The van der Waals surface area contributed by atoms with E-state index in [-0.39, 0.29) is 0 Å². The van der Waals surface area contributed by atoms with Crippen molar-refractivity contribution in [2.75, 3.05) is 0 Å². The van der Waals surface area contributed by atoms with Crippen LogP contribution in [0.5, 0.6) is 5.75 Å². The third-order valence-corrected chi connectivity index (χ3v) is 5.23. The second-order valence-corrected chi connectivity index (χ2v) is 7.18. The summed E-state index contributed by atoms with van der Waals surface area (Å²) in [6.45, 7) is 5.34. The molecule has 1 aromatic carbocycles. The molecule has 0 bridgehead atoms. The lowest BCUT2D eigenvalue weighted by molar-refractivity contribution is 0.288. The lowest BCUT2D eigenvalue weighted by atomic mass is 10.2. The zero-order chi connectivity index (χ0) is 18.6. The van der Waals surface area contributed by atoms with Gasteiger partial charge in [0.1, 0.15) is 18.0 Å². The van der Waals surface area contributed by atoms with Crippen LogP contribution in [0, 0.1) is 6.92 Å². The summed E-state index contributed by atoms with van der Waals surface area (Å²) in [7, 11) is 0. The number of hydrogen-bond acceptors (Lipinski definition) is 5. The summed E-state index contributed by atoms with van der Waals surface area (Å²) in [6, 6.07) is 14.0. The van der Waals surface area contributed by atoms with Gasteiger partial charge in [-0.1, -0.05) is 30.0 Å². The summed E-state index contributed by atoms with van der Waals surface area (Å²) < 4.78 is 10.0. The first-order valence-corrected chi connectivity index (χ1v) is 9.88. The van der Waals surface area contributed by atoms with Crippen LogP contribution < -0.4 is 4.74 Å². The van der Waals surface area contributed by atoms with Crippen molar-refractivity contribution >= 4 is 17.4 Å². The predicted molar refractivity (Wildman–Crippen MR) is 106 cm³/mol. The highest BCUT2D eigenvalue weighted by Gasteiger charge is 2.13. The van der Waals surface area contributed by atoms with Gasteiger partial charge in [0, 0.05) is 24.7 Å². The summed E-state index contributed by atoms with van der Waals surface area (Å²) in [5.74, 6) is 2.43. The van der Waals surface area contributed by atoms with Gasteiger partial charge in [-0.05, 0) is 43.7 Å². The molecular formula is C20H21N5OS. The van der Waals surface area contributed by atoms with E-state index in [0.717, 1.165) is 40.4 Å². The molecule has 0 radical (unpaired) electrons. The molecule has 0 N–H and O–H groups in total. The van der Waals surface area contributed by atoms with Crippen LogP contribution in [0.15, 0.2) is 60.0 Å². The molecule has 0 unspecified atom stereocenters. The van der Waals surface area contributed by atoms with Crippen molar-refractivity contribution < 1.29 is 4.74 Å². The minimum absolute atomic E-state index is 0.402. The normalized spacial score (nSPS) is 11.2. The van der Waals surface area contributed by atoms with E-state index in [9.17, 15) is 0 Å². The quantitative estimate of drug-likeness (QED) is 0.452. The van der Waals surface area contributed by atoms with Crippen molar-refractivity contribution in [3.63, 3.8) is 0 Å². The van der Waals surface area contributed by atoms with Gasteiger partial charge in [-0.25, -0.2) is 4.98 Å². The standard InChI is InChI=1S/C20H21N5OS/c1-3-25-19(13-26-17-8-6-7-15(2)11-17)22-23-20(25)27-14-16-12-24-10-5-4-9-18(24)21-16/h4-12H,3,13-14H2,1-2H3. The fourth-order valence-electron chi connectivity index (χ4n) is 2.90. The molecule has 0 fully saturated rings. The highest BCUT2D eigenvalue weighted by atomic mass is 32.2. The van der Waals surface area contributed by atoms with Gasteiger partial charge in [0.15, 0.2) is 11.0 Å². The molecule has 0 atom stereocenters. The molecule has 7 heteroatoms. The van der Waals surface area contributed by atoms with Crippen molar-refractivity contribution in [1.82, 2.24) is 24.1 Å². The van der Waals surface area contributed by atoms with Crippen LogP contribution in [-0.4, -0.2) is 24.1 Å². The minimum atomic E-state index is 0.402. The van der Waals surface area contributed by atoms with Crippen molar-refractivity contribution in [3.05, 3.63) is 71.9 Å². The molecule has 0 aliphatic carbocycles. The van der Waals surface area contributed by atoms with Crippen molar-refractivity contribution in [2.45, 2.75) is 37.9 Å². The number of pyridine rings is 1. The van der Waals surface area contributed by atoms with Gasteiger partial charge >= 0.3 is 0 Å². The number of rotatable bonds is 7. The molecule has 138 valence electrons. The minimum Gasteiger partial charge on any atom is -0.486 e. The van der Waals surface area contributed by atoms with Gasteiger partial charge in [0.2, 0.25) is 0 Å². The van der Waals surface area contributed by atoms with Crippen molar-refractivity contribution in [1.29, 1.82) is 0 Å². The van der Waals surface area contributed by atoms with Crippen LogP contribution >= 0.6 is 11.8 Å². The summed E-state index contributed by atoms with van der Waals surface area (Å²) in [5, 5.41) is 9.55. The number of fused-ring (bicyclic) bond motifs is 1. The van der Waals surface area contributed by atoms with Crippen LogP contribution in [0.4, 0.5) is 0 Å². The van der Waals surface area contributed by atoms with Crippen molar-refractivity contribution in [2.24, 2.45) is 0 Å². The second-order valence-electron chi connectivity index (χ2n) is 6.24. The van der Waals surface area contributed by atoms with E-state index in [1.54, 1.807) is 11.8 Å². The third-order valence-electron chi connectivity index (χ3n) is 4.23. The molecule has 27 heavy (non-hydrogen) atoms. The molecule has 0 saturated heterocycles. The molecule has 0 amide bonds.